The molecule has 2 N–H and O–H groups in total. The molecule has 3 heteroatoms. The first kappa shape index (κ1) is 10.3. The van der Waals surface area contributed by atoms with Crippen molar-refractivity contribution in [2.24, 2.45) is 0 Å². The van der Waals surface area contributed by atoms with Gasteiger partial charge in [0.05, 0.1) is 6.61 Å². The van der Waals surface area contributed by atoms with E-state index in [4.69, 9.17) is 4.74 Å². The van der Waals surface area contributed by atoms with Gasteiger partial charge in [0.25, 0.3) is 0 Å². The van der Waals surface area contributed by atoms with Crippen molar-refractivity contribution >= 4 is 0 Å². The van der Waals surface area contributed by atoms with Crippen LogP contribution in [-0.4, -0.2) is 18.3 Å². The lowest BCUT2D eigenvalue weighted by Crippen LogP contribution is -2.12. The number of benzene rings is 1. The van der Waals surface area contributed by atoms with E-state index in [1.807, 2.05) is 19.1 Å². The molecule has 1 saturated heterocycles. The van der Waals surface area contributed by atoms with Crippen molar-refractivity contribution in [2.75, 3.05) is 13.2 Å². The Kier molecular flexibility index (Phi) is 3.11. The van der Waals surface area contributed by atoms with E-state index in [1.54, 1.807) is 6.07 Å². The van der Waals surface area contributed by atoms with E-state index in [0.717, 1.165) is 13.0 Å². The van der Waals surface area contributed by atoms with Crippen LogP contribution in [0.3, 0.4) is 0 Å². The first-order valence-electron chi connectivity index (χ1n) is 5.50. The van der Waals surface area contributed by atoms with Gasteiger partial charge in [0, 0.05) is 6.04 Å². The molecule has 1 atom stereocenters. The molecular formula is C12H17NO2. The number of nitrogens with one attached hydrogen (secondary N) is 1. The molecule has 1 aliphatic heterocycles. The number of phenols is 1. The summed E-state index contributed by atoms with van der Waals surface area (Å²) in [5.74, 6) is 0.808. The Labute approximate surface area is 90.1 Å². The average Bonchev–Trinajstić information content (AvgIpc) is 2.75. The van der Waals surface area contributed by atoms with Gasteiger partial charge in [-0.3, -0.25) is 0 Å². The van der Waals surface area contributed by atoms with Gasteiger partial charge in [0.15, 0.2) is 11.5 Å². The van der Waals surface area contributed by atoms with Crippen LogP contribution >= 0.6 is 0 Å². The summed E-state index contributed by atoms with van der Waals surface area (Å²) in [4.78, 5) is 0. The number of hydrogen-bond donors (Lipinski definition) is 2. The minimum atomic E-state index is 0.221. The molecule has 0 bridgehead atoms. The van der Waals surface area contributed by atoms with Crippen molar-refractivity contribution in [3.8, 4) is 11.5 Å². The maximum atomic E-state index is 9.56. The van der Waals surface area contributed by atoms with Crippen molar-refractivity contribution in [3.63, 3.8) is 0 Å². The second-order valence-electron chi connectivity index (χ2n) is 3.81. The van der Waals surface area contributed by atoms with Crippen LogP contribution < -0.4 is 10.1 Å². The monoisotopic (exact) mass is 207 g/mol. The molecule has 0 amide bonds. The van der Waals surface area contributed by atoms with E-state index >= 15 is 0 Å². The average molecular weight is 207 g/mol. The molecule has 2 rings (SSSR count). The summed E-state index contributed by atoms with van der Waals surface area (Å²) in [6, 6.07) is 6.02. The Morgan fingerprint density at radius 2 is 2.40 bits per heavy atom. The molecule has 3 nitrogen and oxygen atoms in total. The van der Waals surface area contributed by atoms with Crippen LogP contribution in [0.1, 0.15) is 31.4 Å². The van der Waals surface area contributed by atoms with Gasteiger partial charge in [-0.2, -0.15) is 0 Å². The number of aromatic hydroxyl groups is 1. The quantitative estimate of drug-likeness (QED) is 0.798. The zero-order valence-electron chi connectivity index (χ0n) is 8.99. The van der Waals surface area contributed by atoms with Gasteiger partial charge >= 0.3 is 0 Å². The van der Waals surface area contributed by atoms with Crippen LogP contribution in [-0.2, 0) is 0 Å². The fraction of sp³-hybridized carbons (Fsp3) is 0.500. The standard InChI is InChI=1S/C12H17NO2/c1-2-15-12-8-9(5-6-11(12)14)10-4-3-7-13-10/h5-6,8,10,13-14H,2-4,7H2,1H3/t10-/m0/s1. The van der Waals surface area contributed by atoms with Crippen LogP contribution in [0.15, 0.2) is 18.2 Å². The summed E-state index contributed by atoms with van der Waals surface area (Å²) in [5.41, 5.74) is 1.20. The van der Waals surface area contributed by atoms with Gasteiger partial charge in [0.1, 0.15) is 0 Å². The van der Waals surface area contributed by atoms with Crippen molar-refractivity contribution in [1.29, 1.82) is 0 Å². The van der Waals surface area contributed by atoms with Gasteiger partial charge in [-0.05, 0) is 44.0 Å². The summed E-state index contributed by atoms with van der Waals surface area (Å²) in [6.45, 7) is 3.57. The van der Waals surface area contributed by atoms with Crippen LogP contribution in [0.4, 0.5) is 0 Å². The fourth-order valence-electron chi connectivity index (χ4n) is 1.99. The van der Waals surface area contributed by atoms with E-state index in [-0.39, 0.29) is 5.75 Å². The molecular weight excluding hydrogens is 190 g/mol. The molecule has 1 heterocycles. The topological polar surface area (TPSA) is 41.5 Å². The normalized spacial score (nSPS) is 20.5. The Morgan fingerprint density at radius 1 is 1.53 bits per heavy atom. The van der Waals surface area contributed by atoms with Crippen LogP contribution in [0.25, 0.3) is 0 Å². The molecule has 0 radical (unpaired) electrons. The number of rotatable bonds is 3. The largest absolute Gasteiger partial charge is 0.504 e. The van der Waals surface area contributed by atoms with Crippen LogP contribution in [0.2, 0.25) is 0 Å². The third kappa shape index (κ3) is 2.23. The molecule has 1 aliphatic rings. The highest BCUT2D eigenvalue weighted by Crippen LogP contribution is 2.31. The summed E-state index contributed by atoms with van der Waals surface area (Å²) >= 11 is 0. The molecule has 0 saturated carbocycles. The molecule has 15 heavy (non-hydrogen) atoms. The number of hydrogen-bond acceptors (Lipinski definition) is 3. The molecule has 82 valence electrons. The van der Waals surface area contributed by atoms with Crippen molar-refractivity contribution < 1.29 is 9.84 Å². The van der Waals surface area contributed by atoms with Gasteiger partial charge in [-0.25, -0.2) is 0 Å². The van der Waals surface area contributed by atoms with Gasteiger partial charge < -0.3 is 15.2 Å². The van der Waals surface area contributed by atoms with E-state index < -0.39 is 0 Å². The van der Waals surface area contributed by atoms with Gasteiger partial charge in [-0.15, -0.1) is 0 Å². The molecule has 0 spiro atoms. The molecule has 0 aromatic heterocycles. The number of phenolic OH excluding ortho intramolecular Hbond substituents is 1. The lowest BCUT2D eigenvalue weighted by molar-refractivity contribution is 0.317. The molecule has 1 aromatic carbocycles. The van der Waals surface area contributed by atoms with Gasteiger partial charge in [-0.1, -0.05) is 6.07 Å². The van der Waals surface area contributed by atoms with E-state index in [0.29, 0.717) is 18.4 Å². The summed E-state index contributed by atoms with van der Waals surface area (Å²) in [6.07, 6.45) is 2.38. The predicted octanol–water partition coefficient (Wildman–Crippen LogP) is 2.22. The van der Waals surface area contributed by atoms with Gasteiger partial charge in [0.2, 0.25) is 0 Å². The number of ether oxygens (including phenoxy) is 1. The Bertz CT molecular complexity index is 332. The van der Waals surface area contributed by atoms with Crippen LogP contribution in [0.5, 0.6) is 11.5 Å². The SMILES string of the molecule is CCOc1cc([C@@H]2CCCN2)ccc1O. The highest BCUT2D eigenvalue weighted by Gasteiger charge is 2.17. The van der Waals surface area contributed by atoms with E-state index in [2.05, 4.69) is 5.32 Å². The minimum absolute atomic E-state index is 0.221. The summed E-state index contributed by atoms with van der Waals surface area (Å²) in [7, 11) is 0. The first-order chi connectivity index (χ1) is 7.31. The predicted molar refractivity (Wildman–Crippen MR) is 59.3 cm³/mol. The highest BCUT2D eigenvalue weighted by molar-refractivity contribution is 5.42. The zero-order valence-corrected chi connectivity index (χ0v) is 8.99. The van der Waals surface area contributed by atoms with E-state index in [9.17, 15) is 5.11 Å². The lowest BCUT2D eigenvalue weighted by atomic mass is 10.0. The summed E-state index contributed by atoms with van der Waals surface area (Å²) < 4.78 is 5.36. The molecule has 1 fully saturated rings. The Balaban J connectivity index is 2.21. The highest BCUT2D eigenvalue weighted by atomic mass is 16.5. The maximum absolute atomic E-state index is 9.56. The second kappa shape index (κ2) is 4.53. The van der Waals surface area contributed by atoms with Crippen molar-refractivity contribution in [3.05, 3.63) is 23.8 Å². The third-order valence-corrected chi connectivity index (χ3v) is 2.75. The summed E-state index contributed by atoms with van der Waals surface area (Å²) in [5, 5.41) is 13.0. The third-order valence-electron chi connectivity index (χ3n) is 2.75. The molecule has 0 aliphatic carbocycles. The lowest BCUT2D eigenvalue weighted by Gasteiger charge is -2.13. The maximum Gasteiger partial charge on any atom is 0.161 e. The van der Waals surface area contributed by atoms with Crippen molar-refractivity contribution in [1.82, 2.24) is 5.32 Å². The van der Waals surface area contributed by atoms with Crippen molar-refractivity contribution in [2.45, 2.75) is 25.8 Å². The minimum Gasteiger partial charge on any atom is -0.504 e. The fourth-order valence-corrected chi connectivity index (χ4v) is 1.99. The van der Waals surface area contributed by atoms with E-state index in [1.165, 1.54) is 12.0 Å². The Hall–Kier alpha value is -1.22. The second-order valence-corrected chi connectivity index (χ2v) is 3.81. The zero-order chi connectivity index (χ0) is 10.7. The van der Waals surface area contributed by atoms with Crippen LogP contribution in [0, 0.1) is 0 Å². The molecule has 0 unspecified atom stereocenters. The first-order valence-corrected chi connectivity index (χ1v) is 5.50. The smallest absolute Gasteiger partial charge is 0.161 e. The molecule has 1 aromatic rings. The Morgan fingerprint density at radius 3 is 3.07 bits per heavy atom.